The number of nitrogens with zero attached hydrogens (tertiary/aromatic N) is 2. The number of hydrogen-bond donors (Lipinski definition) is 2. The summed E-state index contributed by atoms with van der Waals surface area (Å²) < 4.78 is 0. The Bertz CT molecular complexity index is 510. The smallest absolute Gasteiger partial charge is 0.327 e. The summed E-state index contributed by atoms with van der Waals surface area (Å²) in [5.41, 5.74) is -0.705. The first-order valence-electron chi connectivity index (χ1n) is 9.12. The molecule has 0 aromatic heterocycles. The van der Waals surface area contributed by atoms with Crippen LogP contribution in [0.4, 0.5) is 4.79 Å². The molecule has 7 nitrogen and oxygen atoms in total. The third kappa shape index (κ3) is 3.14. The molecule has 2 N–H and O–H groups in total. The zero-order valence-corrected chi connectivity index (χ0v) is 14.5. The number of nitrogens with one attached hydrogen (secondary N) is 2. The van der Waals surface area contributed by atoms with Gasteiger partial charge < -0.3 is 15.5 Å². The summed E-state index contributed by atoms with van der Waals surface area (Å²) in [6.45, 7) is 2.39. The Morgan fingerprint density at radius 2 is 2.00 bits per heavy atom. The zero-order chi connectivity index (χ0) is 17.2. The highest BCUT2D eigenvalue weighted by atomic mass is 16.2. The highest BCUT2D eigenvalue weighted by molar-refractivity contribution is 6.08. The van der Waals surface area contributed by atoms with Gasteiger partial charge in [-0.15, -0.1) is 0 Å². The lowest BCUT2D eigenvalue weighted by molar-refractivity contribution is -0.137. The molecule has 7 heteroatoms. The number of amides is 4. The molecular formula is C17H28N4O3. The van der Waals surface area contributed by atoms with E-state index in [0.717, 1.165) is 50.1 Å². The predicted octanol–water partition coefficient (Wildman–Crippen LogP) is 0.699. The number of likely N-dealkylation sites (N-methyl/N-ethyl adjacent to an activating group) is 1. The number of carbonyl (C=O) groups excluding carboxylic acids is 3. The Morgan fingerprint density at radius 1 is 1.25 bits per heavy atom. The van der Waals surface area contributed by atoms with E-state index in [1.165, 1.54) is 0 Å². The van der Waals surface area contributed by atoms with Gasteiger partial charge in [0.25, 0.3) is 5.91 Å². The summed E-state index contributed by atoms with van der Waals surface area (Å²) in [7, 11) is 1.69. The molecule has 2 aliphatic heterocycles. The number of rotatable bonds is 4. The lowest BCUT2D eigenvalue weighted by Gasteiger charge is -2.35. The molecule has 1 unspecified atom stereocenters. The minimum Gasteiger partial charge on any atom is -0.354 e. The Labute approximate surface area is 143 Å². The molecule has 4 amide bonds. The lowest BCUT2D eigenvalue weighted by atomic mass is 9.81. The van der Waals surface area contributed by atoms with Gasteiger partial charge in [-0.05, 0) is 44.7 Å². The van der Waals surface area contributed by atoms with E-state index in [1.54, 1.807) is 11.9 Å². The van der Waals surface area contributed by atoms with Crippen LogP contribution in [0.25, 0.3) is 0 Å². The summed E-state index contributed by atoms with van der Waals surface area (Å²) in [6, 6.07) is -0.337. The molecule has 0 aromatic rings. The molecule has 24 heavy (non-hydrogen) atoms. The van der Waals surface area contributed by atoms with Crippen molar-refractivity contribution in [3.63, 3.8) is 0 Å². The van der Waals surface area contributed by atoms with Crippen LogP contribution in [0.15, 0.2) is 0 Å². The van der Waals surface area contributed by atoms with Crippen LogP contribution in [0.3, 0.4) is 0 Å². The van der Waals surface area contributed by atoms with Gasteiger partial charge >= 0.3 is 6.03 Å². The van der Waals surface area contributed by atoms with Crippen molar-refractivity contribution in [1.82, 2.24) is 20.4 Å². The summed E-state index contributed by atoms with van der Waals surface area (Å²) in [5, 5.41) is 6.20. The van der Waals surface area contributed by atoms with Crippen molar-refractivity contribution in [3.05, 3.63) is 0 Å². The van der Waals surface area contributed by atoms with Gasteiger partial charge in [-0.3, -0.25) is 14.5 Å². The molecule has 2 heterocycles. The maximum atomic E-state index is 12.8. The molecule has 2 saturated heterocycles. The number of urea groups is 1. The molecule has 1 atom stereocenters. The van der Waals surface area contributed by atoms with E-state index in [9.17, 15) is 14.4 Å². The first-order chi connectivity index (χ1) is 11.5. The van der Waals surface area contributed by atoms with Gasteiger partial charge in [-0.1, -0.05) is 19.3 Å². The standard InChI is InChI=1S/C17H28N4O3/c1-20-16(24)21(15(23)17(20)7-3-2-4-8-17)12-14(22)19-11-13-6-5-9-18-10-13/h13,18H,2-12H2,1H3,(H,19,22). The lowest BCUT2D eigenvalue weighted by Crippen LogP contribution is -2.49. The van der Waals surface area contributed by atoms with Crippen molar-refractivity contribution >= 4 is 17.8 Å². The number of imide groups is 1. The second-order valence-corrected chi connectivity index (χ2v) is 7.34. The van der Waals surface area contributed by atoms with E-state index in [2.05, 4.69) is 10.6 Å². The normalized spacial score (nSPS) is 27.0. The Morgan fingerprint density at radius 3 is 2.67 bits per heavy atom. The minimum atomic E-state index is -0.705. The highest BCUT2D eigenvalue weighted by Gasteiger charge is 2.55. The highest BCUT2D eigenvalue weighted by Crippen LogP contribution is 2.39. The SMILES string of the molecule is CN1C(=O)N(CC(=O)NCC2CCCNC2)C(=O)C12CCCCC2. The van der Waals surface area contributed by atoms with Gasteiger partial charge in [0, 0.05) is 13.6 Å². The van der Waals surface area contributed by atoms with E-state index in [0.29, 0.717) is 25.3 Å². The maximum Gasteiger partial charge on any atom is 0.327 e. The molecule has 0 radical (unpaired) electrons. The van der Waals surface area contributed by atoms with Gasteiger partial charge in [0.15, 0.2) is 0 Å². The minimum absolute atomic E-state index is 0.163. The van der Waals surface area contributed by atoms with Crippen LogP contribution < -0.4 is 10.6 Å². The summed E-state index contributed by atoms with van der Waals surface area (Å²) in [4.78, 5) is 40.2. The van der Waals surface area contributed by atoms with Gasteiger partial charge in [-0.25, -0.2) is 4.79 Å². The molecule has 1 saturated carbocycles. The zero-order valence-electron chi connectivity index (χ0n) is 14.5. The van der Waals surface area contributed by atoms with Crippen LogP contribution in [0.2, 0.25) is 0 Å². The van der Waals surface area contributed by atoms with Crippen LogP contribution in [0.1, 0.15) is 44.9 Å². The summed E-state index contributed by atoms with van der Waals surface area (Å²) in [6.07, 6.45) is 6.65. The van der Waals surface area contributed by atoms with Crippen LogP contribution in [0.5, 0.6) is 0 Å². The van der Waals surface area contributed by atoms with Crippen molar-refractivity contribution in [2.24, 2.45) is 5.92 Å². The molecule has 1 aliphatic carbocycles. The quantitative estimate of drug-likeness (QED) is 0.741. The molecule has 1 spiro atoms. The maximum absolute atomic E-state index is 12.8. The Kier molecular flexibility index (Phi) is 5.08. The van der Waals surface area contributed by atoms with Crippen LogP contribution in [0, 0.1) is 5.92 Å². The fourth-order valence-corrected chi connectivity index (χ4v) is 4.23. The molecule has 0 bridgehead atoms. The first kappa shape index (κ1) is 17.2. The van der Waals surface area contributed by atoms with Gasteiger partial charge in [-0.2, -0.15) is 0 Å². The van der Waals surface area contributed by atoms with Crippen LogP contribution in [-0.2, 0) is 9.59 Å². The van der Waals surface area contributed by atoms with Crippen LogP contribution in [-0.4, -0.2) is 66.4 Å². The third-order valence-corrected chi connectivity index (χ3v) is 5.77. The largest absolute Gasteiger partial charge is 0.354 e. The topological polar surface area (TPSA) is 81.8 Å². The van der Waals surface area contributed by atoms with Crippen molar-refractivity contribution in [2.45, 2.75) is 50.5 Å². The number of hydrogen-bond acceptors (Lipinski definition) is 4. The molecule has 3 rings (SSSR count). The van der Waals surface area contributed by atoms with Crippen molar-refractivity contribution in [2.75, 3.05) is 33.2 Å². The monoisotopic (exact) mass is 336 g/mol. The molecule has 0 aromatic carbocycles. The van der Waals surface area contributed by atoms with E-state index in [4.69, 9.17) is 0 Å². The second-order valence-electron chi connectivity index (χ2n) is 7.34. The van der Waals surface area contributed by atoms with Crippen molar-refractivity contribution in [1.29, 1.82) is 0 Å². The fraction of sp³-hybridized carbons (Fsp3) is 0.824. The number of carbonyl (C=O) groups is 3. The molecule has 134 valence electrons. The van der Waals surface area contributed by atoms with E-state index < -0.39 is 5.54 Å². The number of piperidine rings is 1. The van der Waals surface area contributed by atoms with Crippen LogP contribution >= 0.6 is 0 Å². The van der Waals surface area contributed by atoms with Crippen molar-refractivity contribution in [3.8, 4) is 0 Å². The Balaban J connectivity index is 1.57. The van der Waals surface area contributed by atoms with Gasteiger partial charge in [0.05, 0.1) is 0 Å². The average Bonchev–Trinajstić information content (AvgIpc) is 2.78. The fourth-order valence-electron chi connectivity index (χ4n) is 4.23. The summed E-state index contributed by atoms with van der Waals surface area (Å²) in [5.74, 6) is -0.00671. The van der Waals surface area contributed by atoms with Gasteiger partial charge in [0.1, 0.15) is 12.1 Å². The first-order valence-corrected chi connectivity index (χ1v) is 9.12. The summed E-state index contributed by atoms with van der Waals surface area (Å²) >= 11 is 0. The molecule has 3 fully saturated rings. The van der Waals surface area contributed by atoms with E-state index in [1.807, 2.05) is 0 Å². The average molecular weight is 336 g/mol. The second kappa shape index (κ2) is 7.09. The predicted molar refractivity (Wildman–Crippen MR) is 89.3 cm³/mol. The molecular weight excluding hydrogens is 308 g/mol. The van der Waals surface area contributed by atoms with E-state index in [-0.39, 0.29) is 24.4 Å². The van der Waals surface area contributed by atoms with Gasteiger partial charge in [0.2, 0.25) is 5.91 Å². The third-order valence-electron chi connectivity index (χ3n) is 5.77. The van der Waals surface area contributed by atoms with E-state index >= 15 is 0 Å². The molecule has 3 aliphatic rings. The Hall–Kier alpha value is -1.63. The van der Waals surface area contributed by atoms with Crippen molar-refractivity contribution < 1.29 is 14.4 Å².